The molecule has 0 N–H and O–H groups in total. The van der Waals surface area contributed by atoms with Gasteiger partial charge in [-0.25, -0.2) is 0 Å². The van der Waals surface area contributed by atoms with Crippen LogP contribution in [0, 0.1) is 11.8 Å². The molecule has 0 spiro atoms. The van der Waals surface area contributed by atoms with E-state index in [-0.39, 0.29) is 0 Å². The fourth-order valence-corrected chi connectivity index (χ4v) is 1.49. The van der Waals surface area contributed by atoms with Crippen molar-refractivity contribution in [1.82, 2.24) is 4.98 Å². The van der Waals surface area contributed by atoms with Crippen molar-refractivity contribution in [3.8, 4) is 0 Å². The van der Waals surface area contributed by atoms with E-state index in [2.05, 4.69) is 44.8 Å². The van der Waals surface area contributed by atoms with E-state index in [1.807, 2.05) is 26.1 Å². The molecule has 0 fully saturated rings. The molecule has 0 saturated carbocycles. The largest absolute Gasteiger partial charge is 0.261 e. The molecular formula is C14H25N. The van der Waals surface area contributed by atoms with Crippen molar-refractivity contribution in [2.24, 2.45) is 11.8 Å². The molecule has 0 radical (unpaired) electrons. The van der Waals surface area contributed by atoms with Crippen molar-refractivity contribution in [3.63, 3.8) is 0 Å². The minimum atomic E-state index is 0.557. The van der Waals surface area contributed by atoms with E-state index < -0.39 is 0 Å². The summed E-state index contributed by atoms with van der Waals surface area (Å²) in [5.41, 5.74) is 1.21. The number of nitrogens with zero attached hydrogens (tertiary/aromatic N) is 1. The summed E-state index contributed by atoms with van der Waals surface area (Å²) in [5, 5.41) is 0. The Labute approximate surface area is 94.9 Å². The van der Waals surface area contributed by atoms with Crippen LogP contribution in [0.5, 0.6) is 0 Å². The van der Waals surface area contributed by atoms with Crippen LogP contribution in [0.15, 0.2) is 24.4 Å². The third-order valence-electron chi connectivity index (χ3n) is 2.99. The summed E-state index contributed by atoms with van der Waals surface area (Å²) < 4.78 is 0. The molecule has 1 heteroatoms. The van der Waals surface area contributed by atoms with E-state index in [4.69, 9.17) is 0 Å². The monoisotopic (exact) mass is 207 g/mol. The third kappa shape index (κ3) is 4.46. The van der Waals surface area contributed by atoms with Crippen LogP contribution in [-0.2, 0) is 0 Å². The average molecular weight is 207 g/mol. The van der Waals surface area contributed by atoms with E-state index in [1.165, 1.54) is 5.69 Å². The van der Waals surface area contributed by atoms with Gasteiger partial charge < -0.3 is 0 Å². The van der Waals surface area contributed by atoms with Crippen molar-refractivity contribution in [3.05, 3.63) is 30.1 Å². The Balaban J connectivity index is 0.000000921. The Bertz CT molecular complexity index is 241. The fourth-order valence-electron chi connectivity index (χ4n) is 1.49. The predicted molar refractivity (Wildman–Crippen MR) is 68.0 cm³/mol. The minimum absolute atomic E-state index is 0.557. The molecule has 86 valence electrons. The predicted octanol–water partition coefficient (Wildman–Crippen LogP) is 4.50. The quantitative estimate of drug-likeness (QED) is 0.711. The Morgan fingerprint density at radius 1 is 1.00 bits per heavy atom. The van der Waals surface area contributed by atoms with Gasteiger partial charge in [-0.3, -0.25) is 4.98 Å². The van der Waals surface area contributed by atoms with Crippen molar-refractivity contribution in [2.45, 2.75) is 47.5 Å². The van der Waals surface area contributed by atoms with Crippen molar-refractivity contribution in [2.75, 3.05) is 0 Å². The number of rotatable bonds is 3. The fraction of sp³-hybridized carbons (Fsp3) is 0.643. The molecule has 1 rings (SSSR count). The van der Waals surface area contributed by atoms with Gasteiger partial charge in [0.1, 0.15) is 0 Å². The maximum atomic E-state index is 4.38. The summed E-state index contributed by atoms with van der Waals surface area (Å²) in [6.07, 6.45) is 1.87. The molecule has 0 aliphatic heterocycles. The molecule has 1 heterocycles. The van der Waals surface area contributed by atoms with Gasteiger partial charge >= 0.3 is 0 Å². The molecule has 2 atom stereocenters. The molecule has 0 amide bonds. The van der Waals surface area contributed by atoms with Crippen LogP contribution in [0.25, 0.3) is 0 Å². The first-order valence-corrected chi connectivity index (χ1v) is 6.04. The van der Waals surface area contributed by atoms with E-state index in [0.717, 1.165) is 5.92 Å². The number of hydrogen-bond donors (Lipinski definition) is 0. The highest BCUT2D eigenvalue weighted by Crippen LogP contribution is 2.27. The zero-order valence-electron chi connectivity index (χ0n) is 11.0. The Morgan fingerprint density at radius 3 is 2.00 bits per heavy atom. The molecule has 0 aliphatic rings. The van der Waals surface area contributed by atoms with Crippen molar-refractivity contribution in [1.29, 1.82) is 0 Å². The Morgan fingerprint density at radius 2 is 1.60 bits per heavy atom. The van der Waals surface area contributed by atoms with E-state index in [9.17, 15) is 0 Å². The lowest BCUT2D eigenvalue weighted by molar-refractivity contribution is 0.358. The number of aromatic nitrogens is 1. The van der Waals surface area contributed by atoms with Crippen molar-refractivity contribution < 1.29 is 0 Å². The van der Waals surface area contributed by atoms with Gasteiger partial charge in [-0.15, -0.1) is 0 Å². The molecule has 2 unspecified atom stereocenters. The van der Waals surface area contributed by atoms with Gasteiger partial charge in [-0.2, -0.15) is 0 Å². The Hall–Kier alpha value is -0.850. The van der Waals surface area contributed by atoms with Gasteiger partial charge in [0.2, 0.25) is 0 Å². The minimum Gasteiger partial charge on any atom is -0.261 e. The second-order valence-electron chi connectivity index (χ2n) is 4.15. The molecule has 0 aliphatic carbocycles. The summed E-state index contributed by atoms with van der Waals surface area (Å²) in [5.74, 6) is 1.97. The summed E-state index contributed by atoms with van der Waals surface area (Å²) in [6, 6.07) is 6.14. The Kier molecular flexibility index (Phi) is 7.02. The normalized spacial score (nSPS) is 14.1. The van der Waals surface area contributed by atoms with E-state index in [0.29, 0.717) is 11.8 Å². The summed E-state index contributed by atoms with van der Waals surface area (Å²) in [4.78, 5) is 4.38. The first kappa shape index (κ1) is 14.2. The van der Waals surface area contributed by atoms with Gasteiger partial charge in [-0.05, 0) is 24.0 Å². The maximum absolute atomic E-state index is 4.38. The molecule has 0 aromatic carbocycles. The summed E-state index contributed by atoms with van der Waals surface area (Å²) in [7, 11) is 0. The van der Waals surface area contributed by atoms with E-state index >= 15 is 0 Å². The topological polar surface area (TPSA) is 12.9 Å². The molecule has 1 aromatic rings. The lowest BCUT2D eigenvalue weighted by Gasteiger charge is -2.22. The van der Waals surface area contributed by atoms with Crippen LogP contribution in [0.2, 0.25) is 0 Å². The highest BCUT2D eigenvalue weighted by atomic mass is 14.7. The molecule has 15 heavy (non-hydrogen) atoms. The lowest BCUT2D eigenvalue weighted by atomic mass is 9.84. The highest BCUT2D eigenvalue weighted by Gasteiger charge is 2.17. The SMILES string of the molecule is CC.CC(C)C(C)C(C)c1ccccn1. The zero-order valence-corrected chi connectivity index (χ0v) is 11.0. The van der Waals surface area contributed by atoms with Gasteiger partial charge in [0.05, 0.1) is 0 Å². The smallest absolute Gasteiger partial charge is 0.0434 e. The summed E-state index contributed by atoms with van der Waals surface area (Å²) in [6.45, 7) is 13.1. The van der Waals surface area contributed by atoms with Crippen LogP contribution in [0.3, 0.4) is 0 Å². The number of hydrogen-bond acceptors (Lipinski definition) is 1. The van der Waals surface area contributed by atoms with Crippen LogP contribution in [0.1, 0.15) is 53.2 Å². The van der Waals surface area contributed by atoms with Crippen molar-refractivity contribution >= 4 is 0 Å². The zero-order chi connectivity index (χ0) is 11.8. The molecule has 0 saturated heterocycles. The van der Waals surface area contributed by atoms with E-state index in [1.54, 1.807) is 0 Å². The average Bonchev–Trinajstić information content (AvgIpc) is 2.31. The standard InChI is InChI=1S/C12H19N.C2H6/c1-9(2)10(3)11(4)12-7-5-6-8-13-12;1-2/h5-11H,1-4H3;1-2H3. The first-order valence-electron chi connectivity index (χ1n) is 6.04. The third-order valence-corrected chi connectivity index (χ3v) is 2.99. The van der Waals surface area contributed by atoms with Gasteiger partial charge in [-0.1, -0.05) is 47.6 Å². The van der Waals surface area contributed by atoms with Gasteiger partial charge in [0.25, 0.3) is 0 Å². The molecular weight excluding hydrogens is 182 g/mol. The van der Waals surface area contributed by atoms with Crippen LogP contribution < -0.4 is 0 Å². The molecule has 0 bridgehead atoms. The molecule has 1 nitrogen and oxygen atoms in total. The van der Waals surface area contributed by atoms with Crippen LogP contribution in [0.4, 0.5) is 0 Å². The van der Waals surface area contributed by atoms with Crippen LogP contribution >= 0.6 is 0 Å². The second kappa shape index (κ2) is 7.44. The first-order chi connectivity index (χ1) is 7.13. The second-order valence-corrected chi connectivity index (χ2v) is 4.15. The van der Waals surface area contributed by atoms with Gasteiger partial charge in [0, 0.05) is 17.8 Å². The highest BCUT2D eigenvalue weighted by molar-refractivity contribution is 5.09. The molecule has 1 aromatic heterocycles. The summed E-state index contributed by atoms with van der Waals surface area (Å²) >= 11 is 0. The maximum Gasteiger partial charge on any atom is 0.0434 e. The number of pyridine rings is 1. The lowest BCUT2D eigenvalue weighted by Crippen LogP contribution is -2.13. The van der Waals surface area contributed by atoms with Gasteiger partial charge in [0.15, 0.2) is 0 Å². The van der Waals surface area contributed by atoms with Crippen LogP contribution in [-0.4, -0.2) is 4.98 Å².